The average molecular weight is 313 g/mol. The van der Waals surface area contributed by atoms with Gasteiger partial charge >= 0.3 is 0 Å². The Morgan fingerprint density at radius 2 is 2.04 bits per heavy atom. The lowest BCUT2D eigenvalue weighted by Gasteiger charge is -2.34. The Morgan fingerprint density at radius 1 is 1.22 bits per heavy atom. The van der Waals surface area contributed by atoms with E-state index in [1.54, 1.807) is 16.8 Å². The normalized spacial score (nSPS) is 16.3. The number of hydrogen-bond acceptors (Lipinski definition) is 7. The quantitative estimate of drug-likeness (QED) is 0.774. The van der Waals surface area contributed by atoms with Gasteiger partial charge < -0.3 is 20.0 Å². The van der Waals surface area contributed by atoms with Gasteiger partial charge in [-0.3, -0.25) is 0 Å². The Bertz CT molecular complexity index is 803. The Labute approximate surface area is 133 Å². The van der Waals surface area contributed by atoms with Crippen molar-refractivity contribution in [1.82, 2.24) is 24.5 Å². The van der Waals surface area contributed by atoms with Gasteiger partial charge in [-0.1, -0.05) is 6.92 Å². The number of furan rings is 1. The predicted octanol–water partition coefficient (Wildman–Crippen LogP) is 1.11. The molecule has 120 valence electrons. The molecule has 1 aliphatic heterocycles. The molecule has 8 nitrogen and oxygen atoms in total. The van der Waals surface area contributed by atoms with E-state index in [2.05, 4.69) is 31.8 Å². The molecule has 3 aromatic rings. The molecule has 0 unspecified atom stereocenters. The highest BCUT2D eigenvalue weighted by Crippen LogP contribution is 2.21. The number of nitrogens with two attached hydrogens (primary N) is 1. The molecule has 1 saturated heterocycles. The first-order valence-electron chi connectivity index (χ1n) is 7.79. The summed E-state index contributed by atoms with van der Waals surface area (Å²) in [4.78, 5) is 13.7. The number of piperazine rings is 1. The number of nitrogens with zero attached hydrogens (tertiary/aromatic N) is 6. The summed E-state index contributed by atoms with van der Waals surface area (Å²) in [7, 11) is 0. The molecule has 0 aromatic carbocycles. The SMILES string of the molecule is CCN1CCN(c2cc3nc(-c4ccco4)nn3c(N)n2)CC1. The van der Waals surface area contributed by atoms with E-state index in [1.165, 1.54) is 0 Å². The molecule has 0 amide bonds. The van der Waals surface area contributed by atoms with Gasteiger partial charge in [0.1, 0.15) is 5.82 Å². The highest BCUT2D eigenvalue weighted by molar-refractivity contribution is 5.59. The molecule has 0 spiro atoms. The zero-order valence-electron chi connectivity index (χ0n) is 13.0. The smallest absolute Gasteiger partial charge is 0.225 e. The number of anilines is 2. The maximum atomic E-state index is 6.07. The van der Waals surface area contributed by atoms with Gasteiger partial charge in [-0.05, 0) is 18.7 Å². The maximum Gasteiger partial charge on any atom is 0.225 e. The molecule has 3 aromatic heterocycles. The molecule has 1 aliphatic rings. The monoisotopic (exact) mass is 313 g/mol. The minimum Gasteiger partial charge on any atom is -0.461 e. The minimum absolute atomic E-state index is 0.334. The lowest BCUT2D eigenvalue weighted by molar-refractivity contribution is 0.270. The van der Waals surface area contributed by atoms with E-state index in [-0.39, 0.29) is 0 Å². The molecule has 0 radical (unpaired) electrons. The second-order valence-corrected chi connectivity index (χ2v) is 5.58. The highest BCUT2D eigenvalue weighted by atomic mass is 16.3. The summed E-state index contributed by atoms with van der Waals surface area (Å²) in [5, 5.41) is 4.36. The number of rotatable bonds is 3. The third-order valence-electron chi connectivity index (χ3n) is 4.22. The fourth-order valence-corrected chi connectivity index (χ4v) is 2.86. The minimum atomic E-state index is 0.334. The molecule has 2 N–H and O–H groups in total. The van der Waals surface area contributed by atoms with E-state index < -0.39 is 0 Å². The number of fused-ring (bicyclic) bond motifs is 1. The predicted molar refractivity (Wildman–Crippen MR) is 87.2 cm³/mol. The van der Waals surface area contributed by atoms with Crippen LogP contribution < -0.4 is 10.6 Å². The van der Waals surface area contributed by atoms with Crippen LogP contribution in [0.4, 0.5) is 11.8 Å². The summed E-state index contributed by atoms with van der Waals surface area (Å²) in [6.45, 7) is 7.22. The summed E-state index contributed by atoms with van der Waals surface area (Å²) in [6, 6.07) is 5.56. The summed E-state index contributed by atoms with van der Waals surface area (Å²) >= 11 is 0. The Hall–Kier alpha value is -2.61. The maximum absolute atomic E-state index is 6.07. The average Bonchev–Trinajstić information content (AvgIpc) is 3.24. The lowest BCUT2D eigenvalue weighted by Crippen LogP contribution is -2.46. The lowest BCUT2D eigenvalue weighted by atomic mass is 10.3. The van der Waals surface area contributed by atoms with Gasteiger partial charge in [0.15, 0.2) is 11.4 Å². The van der Waals surface area contributed by atoms with Crippen LogP contribution >= 0.6 is 0 Å². The first kappa shape index (κ1) is 14.0. The topological polar surface area (TPSA) is 88.7 Å². The number of likely N-dealkylation sites (N-methyl/N-ethyl adjacent to an activating group) is 1. The molecule has 4 rings (SSSR count). The van der Waals surface area contributed by atoms with Crippen molar-refractivity contribution in [2.45, 2.75) is 6.92 Å². The molecule has 0 atom stereocenters. The third kappa shape index (κ3) is 2.50. The van der Waals surface area contributed by atoms with Gasteiger partial charge in [-0.2, -0.15) is 9.50 Å². The fraction of sp³-hybridized carbons (Fsp3) is 0.400. The molecule has 23 heavy (non-hydrogen) atoms. The van der Waals surface area contributed by atoms with Crippen molar-refractivity contribution in [3.8, 4) is 11.6 Å². The van der Waals surface area contributed by atoms with E-state index in [9.17, 15) is 0 Å². The van der Waals surface area contributed by atoms with Crippen LogP contribution in [0.25, 0.3) is 17.2 Å². The van der Waals surface area contributed by atoms with Gasteiger partial charge in [0.05, 0.1) is 6.26 Å². The van der Waals surface area contributed by atoms with Gasteiger partial charge in [-0.25, -0.2) is 4.98 Å². The number of aromatic nitrogens is 4. The summed E-state index contributed by atoms with van der Waals surface area (Å²) in [5.41, 5.74) is 6.74. The Balaban J connectivity index is 1.67. The molecule has 0 aliphatic carbocycles. The largest absolute Gasteiger partial charge is 0.461 e. The fourth-order valence-electron chi connectivity index (χ4n) is 2.86. The third-order valence-corrected chi connectivity index (χ3v) is 4.22. The number of hydrogen-bond donors (Lipinski definition) is 1. The molecule has 0 bridgehead atoms. The van der Waals surface area contributed by atoms with Crippen LogP contribution in [0.2, 0.25) is 0 Å². The molecule has 0 saturated carbocycles. The van der Waals surface area contributed by atoms with Crippen molar-refractivity contribution in [2.75, 3.05) is 43.4 Å². The first-order chi connectivity index (χ1) is 11.2. The zero-order valence-corrected chi connectivity index (χ0v) is 13.0. The van der Waals surface area contributed by atoms with E-state index in [1.807, 2.05) is 12.1 Å². The second kappa shape index (κ2) is 5.54. The zero-order chi connectivity index (χ0) is 15.8. The van der Waals surface area contributed by atoms with Crippen molar-refractivity contribution in [2.24, 2.45) is 0 Å². The van der Waals surface area contributed by atoms with Crippen LogP contribution in [0.1, 0.15) is 6.92 Å². The Morgan fingerprint density at radius 3 is 2.74 bits per heavy atom. The van der Waals surface area contributed by atoms with E-state index in [0.29, 0.717) is 23.2 Å². The van der Waals surface area contributed by atoms with Gasteiger partial charge in [0.2, 0.25) is 11.8 Å². The van der Waals surface area contributed by atoms with Crippen LogP contribution in [0.3, 0.4) is 0 Å². The van der Waals surface area contributed by atoms with Crippen LogP contribution in [0.5, 0.6) is 0 Å². The van der Waals surface area contributed by atoms with Crippen LogP contribution in [-0.2, 0) is 0 Å². The summed E-state index contributed by atoms with van der Waals surface area (Å²) in [6.07, 6.45) is 1.60. The van der Waals surface area contributed by atoms with Gasteiger partial charge in [0, 0.05) is 32.2 Å². The van der Waals surface area contributed by atoms with Crippen molar-refractivity contribution in [3.05, 3.63) is 24.5 Å². The van der Waals surface area contributed by atoms with Crippen LogP contribution in [0.15, 0.2) is 28.9 Å². The van der Waals surface area contributed by atoms with Gasteiger partial charge in [-0.15, -0.1) is 5.10 Å². The highest BCUT2D eigenvalue weighted by Gasteiger charge is 2.19. The van der Waals surface area contributed by atoms with Crippen molar-refractivity contribution < 1.29 is 4.42 Å². The Kier molecular flexibility index (Phi) is 3.38. The van der Waals surface area contributed by atoms with E-state index in [4.69, 9.17) is 10.2 Å². The second-order valence-electron chi connectivity index (χ2n) is 5.58. The van der Waals surface area contributed by atoms with E-state index in [0.717, 1.165) is 38.5 Å². The number of nitrogen functional groups attached to an aromatic ring is 1. The van der Waals surface area contributed by atoms with Crippen LogP contribution in [-0.4, -0.2) is 57.2 Å². The van der Waals surface area contributed by atoms with Gasteiger partial charge in [0.25, 0.3) is 0 Å². The van der Waals surface area contributed by atoms with Crippen molar-refractivity contribution in [1.29, 1.82) is 0 Å². The summed E-state index contributed by atoms with van der Waals surface area (Å²) < 4.78 is 6.89. The molecule has 4 heterocycles. The van der Waals surface area contributed by atoms with Crippen molar-refractivity contribution in [3.63, 3.8) is 0 Å². The van der Waals surface area contributed by atoms with E-state index >= 15 is 0 Å². The molecule has 1 fully saturated rings. The first-order valence-corrected chi connectivity index (χ1v) is 7.79. The summed E-state index contributed by atoms with van der Waals surface area (Å²) in [5.74, 6) is 2.31. The molecule has 8 heteroatoms. The standard InChI is InChI=1S/C15H19N7O/c1-2-20-5-7-21(8-6-20)12-10-13-17-14(11-4-3-9-23-11)19-22(13)15(16)18-12/h3-4,9-10H,2,5-8H2,1H3,(H2,16,18). The molecular weight excluding hydrogens is 294 g/mol. The van der Waals surface area contributed by atoms with Crippen molar-refractivity contribution >= 4 is 17.4 Å². The molecular formula is C15H19N7O. The van der Waals surface area contributed by atoms with Crippen LogP contribution in [0, 0.1) is 0 Å².